The summed E-state index contributed by atoms with van der Waals surface area (Å²) in [6, 6.07) is 19.8. The zero-order valence-corrected chi connectivity index (χ0v) is 14.6. The molecule has 0 unspecified atom stereocenters. The van der Waals surface area contributed by atoms with Crippen LogP contribution in [0.4, 0.5) is 11.4 Å². The quantitative estimate of drug-likeness (QED) is 0.489. The molecule has 0 saturated carbocycles. The Bertz CT molecular complexity index is 882. The van der Waals surface area contributed by atoms with Crippen molar-refractivity contribution >= 4 is 28.6 Å². The van der Waals surface area contributed by atoms with Gasteiger partial charge in [0.2, 0.25) is 5.91 Å². The second kappa shape index (κ2) is 8.37. The average Bonchev–Trinajstić information content (AvgIpc) is 3.17. The highest BCUT2D eigenvalue weighted by Crippen LogP contribution is 2.26. The molecule has 0 aliphatic rings. The van der Waals surface area contributed by atoms with E-state index >= 15 is 0 Å². The Kier molecular flexibility index (Phi) is 5.73. The van der Waals surface area contributed by atoms with E-state index in [-0.39, 0.29) is 29.9 Å². The molecule has 0 aliphatic heterocycles. The van der Waals surface area contributed by atoms with Gasteiger partial charge in [0.1, 0.15) is 5.69 Å². The molecule has 132 valence electrons. The first-order valence-corrected chi connectivity index (χ1v) is 8.88. The number of nitrogens with one attached hydrogen (secondary N) is 2. The van der Waals surface area contributed by atoms with E-state index in [9.17, 15) is 14.9 Å². The molecule has 26 heavy (non-hydrogen) atoms. The van der Waals surface area contributed by atoms with E-state index in [1.54, 1.807) is 23.5 Å². The summed E-state index contributed by atoms with van der Waals surface area (Å²) in [4.78, 5) is 23.9. The van der Waals surface area contributed by atoms with Crippen LogP contribution in [0.1, 0.15) is 16.5 Å². The monoisotopic (exact) mass is 367 g/mol. The number of rotatable bonds is 7. The van der Waals surface area contributed by atoms with Crippen molar-refractivity contribution in [3.63, 3.8) is 0 Å². The van der Waals surface area contributed by atoms with E-state index in [0.717, 1.165) is 10.4 Å². The molecule has 0 spiro atoms. The van der Waals surface area contributed by atoms with Gasteiger partial charge >= 0.3 is 0 Å². The molecule has 1 atom stereocenters. The molecule has 0 aliphatic carbocycles. The number of thiophene rings is 1. The van der Waals surface area contributed by atoms with Crippen molar-refractivity contribution in [2.45, 2.75) is 6.04 Å². The minimum Gasteiger partial charge on any atom is -0.319 e. The SMILES string of the molecule is O=C(CN[C@H](c1ccccc1)c1cccs1)Nc1ccccc1[N+](=O)[O-]. The Morgan fingerprint density at radius 2 is 1.77 bits per heavy atom. The first-order chi connectivity index (χ1) is 12.6. The van der Waals surface area contributed by atoms with E-state index in [4.69, 9.17) is 0 Å². The van der Waals surface area contributed by atoms with Crippen LogP contribution in [0.3, 0.4) is 0 Å². The first-order valence-electron chi connectivity index (χ1n) is 8.00. The summed E-state index contributed by atoms with van der Waals surface area (Å²) in [6.07, 6.45) is 0. The highest BCUT2D eigenvalue weighted by molar-refractivity contribution is 7.10. The smallest absolute Gasteiger partial charge is 0.292 e. The van der Waals surface area contributed by atoms with Crippen LogP contribution in [-0.2, 0) is 4.79 Å². The molecule has 2 N–H and O–H groups in total. The van der Waals surface area contributed by atoms with Crippen molar-refractivity contribution in [2.24, 2.45) is 0 Å². The van der Waals surface area contributed by atoms with Crippen LogP contribution in [0.5, 0.6) is 0 Å². The number of hydrogen-bond donors (Lipinski definition) is 2. The van der Waals surface area contributed by atoms with E-state index in [1.807, 2.05) is 47.8 Å². The number of nitro benzene ring substituents is 1. The molecule has 1 amide bonds. The van der Waals surface area contributed by atoms with Crippen LogP contribution >= 0.6 is 11.3 Å². The number of anilines is 1. The molecule has 0 bridgehead atoms. The zero-order chi connectivity index (χ0) is 18.4. The normalized spacial score (nSPS) is 11.7. The number of para-hydroxylation sites is 2. The Morgan fingerprint density at radius 3 is 2.46 bits per heavy atom. The summed E-state index contributed by atoms with van der Waals surface area (Å²) in [7, 11) is 0. The molecule has 3 rings (SSSR count). The molecule has 0 saturated heterocycles. The van der Waals surface area contributed by atoms with Crippen molar-refractivity contribution in [1.29, 1.82) is 0 Å². The largest absolute Gasteiger partial charge is 0.319 e. The predicted octanol–water partition coefficient (Wildman–Crippen LogP) is 3.97. The third kappa shape index (κ3) is 4.33. The van der Waals surface area contributed by atoms with E-state index in [0.29, 0.717) is 0 Å². The lowest BCUT2D eigenvalue weighted by molar-refractivity contribution is -0.383. The van der Waals surface area contributed by atoms with Gasteiger partial charge in [-0.3, -0.25) is 20.2 Å². The fourth-order valence-corrected chi connectivity index (χ4v) is 3.44. The Morgan fingerprint density at radius 1 is 1.04 bits per heavy atom. The summed E-state index contributed by atoms with van der Waals surface area (Å²) < 4.78 is 0. The van der Waals surface area contributed by atoms with Crippen molar-refractivity contribution < 1.29 is 9.72 Å². The highest BCUT2D eigenvalue weighted by Gasteiger charge is 2.18. The topological polar surface area (TPSA) is 84.3 Å². The molecule has 7 heteroatoms. The molecule has 2 aromatic carbocycles. The van der Waals surface area contributed by atoms with Gasteiger partial charge in [-0.25, -0.2) is 0 Å². The molecular weight excluding hydrogens is 350 g/mol. The standard InChI is InChI=1S/C19H17N3O3S/c23-18(21-15-9-4-5-10-16(15)22(24)25)13-20-19(17-11-6-12-26-17)14-7-2-1-3-8-14/h1-12,19-20H,13H2,(H,21,23)/t19-/m1/s1. The lowest BCUT2D eigenvalue weighted by Crippen LogP contribution is -2.31. The number of nitrogens with zero attached hydrogens (tertiary/aromatic N) is 1. The number of carbonyl (C=O) groups excluding carboxylic acids is 1. The van der Waals surface area contributed by atoms with Crippen molar-refractivity contribution in [3.05, 3.63) is 92.7 Å². The van der Waals surface area contributed by atoms with Crippen LogP contribution in [0.25, 0.3) is 0 Å². The molecular formula is C19H17N3O3S. The van der Waals surface area contributed by atoms with Crippen molar-refractivity contribution in [1.82, 2.24) is 5.32 Å². The van der Waals surface area contributed by atoms with Gasteiger partial charge in [0.25, 0.3) is 5.69 Å². The van der Waals surface area contributed by atoms with Gasteiger partial charge in [-0.05, 0) is 23.1 Å². The van der Waals surface area contributed by atoms with Crippen LogP contribution in [-0.4, -0.2) is 17.4 Å². The van der Waals surface area contributed by atoms with Gasteiger partial charge in [-0.1, -0.05) is 48.5 Å². The number of hydrogen-bond acceptors (Lipinski definition) is 5. The van der Waals surface area contributed by atoms with Crippen LogP contribution in [0.15, 0.2) is 72.1 Å². The Balaban J connectivity index is 1.70. The second-order valence-corrected chi connectivity index (χ2v) is 6.54. The number of carbonyl (C=O) groups is 1. The maximum Gasteiger partial charge on any atom is 0.292 e. The Hall–Kier alpha value is -3.03. The van der Waals surface area contributed by atoms with Gasteiger partial charge < -0.3 is 5.32 Å². The average molecular weight is 367 g/mol. The van der Waals surface area contributed by atoms with Gasteiger partial charge in [0.05, 0.1) is 17.5 Å². The Labute approximate surface area is 154 Å². The summed E-state index contributed by atoms with van der Waals surface area (Å²) in [5.74, 6) is -0.336. The number of benzene rings is 2. The van der Waals surface area contributed by atoms with E-state index in [2.05, 4.69) is 10.6 Å². The second-order valence-electron chi connectivity index (χ2n) is 5.56. The van der Waals surface area contributed by atoms with Gasteiger partial charge in [-0.2, -0.15) is 0 Å². The fraction of sp³-hybridized carbons (Fsp3) is 0.105. The third-order valence-electron chi connectivity index (χ3n) is 3.80. The molecule has 0 fully saturated rings. The van der Waals surface area contributed by atoms with Crippen LogP contribution < -0.4 is 10.6 Å². The summed E-state index contributed by atoms with van der Waals surface area (Å²) >= 11 is 1.60. The zero-order valence-electron chi connectivity index (χ0n) is 13.8. The van der Waals surface area contributed by atoms with Crippen LogP contribution in [0, 0.1) is 10.1 Å². The number of amides is 1. The minimum absolute atomic E-state index is 0.0313. The van der Waals surface area contributed by atoms with Crippen molar-refractivity contribution in [3.8, 4) is 0 Å². The van der Waals surface area contributed by atoms with Gasteiger partial charge in [0, 0.05) is 10.9 Å². The maximum atomic E-state index is 12.3. The highest BCUT2D eigenvalue weighted by atomic mass is 32.1. The lowest BCUT2D eigenvalue weighted by atomic mass is 10.1. The van der Waals surface area contributed by atoms with E-state index in [1.165, 1.54) is 12.1 Å². The predicted molar refractivity (Wildman–Crippen MR) is 102 cm³/mol. The summed E-state index contributed by atoms with van der Waals surface area (Å²) in [5.41, 5.74) is 1.11. The maximum absolute atomic E-state index is 12.3. The van der Waals surface area contributed by atoms with Crippen LogP contribution in [0.2, 0.25) is 0 Å². The number of nitro groups is 1. The molecule has 0 radical (unpaired) electrons. The molecule has 1 heterocycles. The lowest BCUT2D eigenvalue weighted by Gasteiger charge is -2.18. The fourth-order valence-electron chi connectivity index (χ4n) is 2.61. The first kappa shape index (κ1) is 17.8. The molecule has 3 aromatic rings. The van der Waals surface area contributed by atoms with E-state index < -0.39 is 4.92 Å². The summed E-state index contributed by atoms with van der Waals surface area (Å²) in [5, 5.41) is 18.9. The van der Waals surface area contributed by atoms with Crippen molar-refractivity contribution in [2.75, 3.05) is 11.9 Å². The van der Waals surface area contributed by atoms with Gasteiger partial charge in [0.15, 0.2) is 0 Å². The van der Waals surface area contributed by atoms with Gasteiger partial charge in [-0.15, -0.1) is 11.3 Å². The molecule has 1 aromatic heterocycles. The molecule has 6 nitrogen and oxygen atoms in total. The minimum atomic E-state index is -0.512. The third-order valence-corrected chi connectivity index (χ3v) is 4.74. The summed E-state index contributed by atoms with van der Waals surface area (Å²) in [6.45, 7) is 0.0313.